The molecule has 0 aliphatic carbocycles. The minimum atomic E-state index is -1.43. The number of hydrogen-bond donors (Lipinski definition) is 4. The number of aliphatic hydroxyl groups is 2. The first-order chi connectivity index (χ1) is 8.43. The number of aliphatic hydroxyl groups excluding tert-OH is 2. The molecule has 0 aliphatic heterocycles. The van der Waals surface area contributed by atoms with Crippen molar-refractivity contribution in [2.45, 2.75) is 19.1 Å². The van der Waals surface area contributed by atoms with Gasteiger partial charge in [0.1, 0.15) is 12.2 Å². The molecule has 0 fully saturated rings. The number of aromatic carboxylic acids is 1. The van der Waals surface area contributed by atoms with Gasteiger partial charge in [-0.2, -0.15) is 0 Å². The third-order valence-electron chi connectivity index (χ3n) is 2.28. The van der Waals surface area contributed by atoms with Crippen molar-refractivity contribution in [3.05, 3.63) is 29.6 Å². The largest absolute Gasteiger partial charge is 0.477 e. The van der Waals surface area contributed by atoms with Gasteiger partial charge in [0.05, 0.1) is 0 Å². The van der Waals surface area contributed by atoms with Crippen LogP contribution in [0, 0.1) is 0 Å². The van der Waals surface area contributed by atoms with Gasteiger partial charge in [-0.1, -0.05) is 6.07 Å². The van der Waals surface area contributed by atoms with Crippen LogP contribution in [0.2, 0.25) is 0 Å². The Morgan fingerprint density at radius 3 is 2.67 bits per heavy atom. The highest BCUT2D eigenvalue weighted by atomic mass is 16.4. The second-order valence-corrected chi connectivity index (χ2v) is 3.70. The van der Waals surface area contributed by atoms with Gasteiger partial charge in [-0.05, 0) is 6.07 Å². The molecule has 98 valence electrons. The summed E-state index contributed by atoms with van der Waals surface area (Å²) in [5.41, 5.74) is -0.324. The fourth-order valence-corrected chi connectivity index (χ4v) is 1.40. The minimum absolute atomic E-state index is 0.00264. The summed E-state index contributed by atoms with van der Waals surface area (Å²) in [6, 6.07) is 2.81. The number of amides is 1. The topological polar surface area (TPSA) is 120 Å². The number of carboxylic acid groups (broad SMARTS) is 1. The highest BCUT2D eigenvalue weighted by Crippen LogP contribution is 2.19. The van der Waals surface area contributed by atoms with E-state index in [1.807, 2.05) is 0 Å². The minimum Gasteiger partial charge on any atom is -0.477 e. The van der Waals surface area contributed by atoms with Crippen LogP contribution in [0.1, 0.15) is 29.1 Å². The molecule has 1 aromatic heterocycles. The zero-order chi connectivity index (χ0) is 13.7. The SMILES string of the molecule is CC(=O)NCC(O)C(O)c1cccnc1C(=O)O. The molecule has 0 spiro atoms. The van der Waals surface area contributed by atoms with Gasteiger partial charge in [0.2, 0.25) is 5.91 Å². The number of pyridine rings is 1. The summed E-state index contributed by atoms with van der Waals surface area (Å²) >= 11 is 0. The van der Waals surface area contributed by atoms with Crippen LogP contribution in [0.3, 0.4) is 0 Å². The van der Waals surface area contributed by atoms with Crippen molar-refractivity contribution in [3.8, 4) is 0 Å². The molecular weight excluding hydrogens is 240 g/mol. The fourth-order valence-electron chi connectivity index (χ4n) is 1.40. The number of nitrogens with one attached hydrogen (secondary N) is 1. The predicted molar refractivity (Wildman–Crippen MR) is 60.8 cm³/mol. The van der Waals surface area contributed by atoms with E-state index in [0.717, 1.165) is 0 Å². The second-order valence-electron chi connectivity index (χ2n) is 3.70. The lowest BCUT2D eigenvalue weighted by Gasteiger charge is -2.19. The number of nitrogens with zero attached hydrogens (tertiary/aromatic N) is 1. The Hall–Kier alpha value is -1.99. The molecule has 0 aromatic carbocycles. The standard InChI is InChI=1S/C11H14N2O5/c1-6(14)13-5-8(15)10(16)7-3-2-4-12-9(7)11(17)18/h2-4,8,10,15-16H,5H2,1H3,(H,13,14)(H,17,18). The van der Waals surface area contributed by atoms with Gasteiger partial charge in [-0.25, -0.2) is 9.78 Å². The van der Waals surface area contributed by atoms with E-state index in [1.165, 1.54) is 25.3 Å². The van der Waals surface area contributed by atoms with E-state index >= 15 is 0 Å². The maximum absolute atomic E-state index is 10.9. The Kier molecular flexibility index (Phi) is 4.75. The fraction of sp³-hybridized carbons (Fsp3) is 0.364. The van der Waals surface area contributed by atoms with Crippen LogP contribution in [-0.4, -0.2) is 44.8 Å². The van der Waals surface area contributed by atoms with Crippen molar-refractivity contribution >= 4 is 11.9 Å². The van der Waals surface area contributed by atoms with Gasteiger partial charge in [0.25, 0.3) is 0 Å². The van der Waals surface area contributed by atoms with Gasteiger partial charge in [-0.3, -0.25) is 4.79 Å². The summed E-state index contributed by atoms with van der Waals surface area (Å²) in [7, 11) is 0. The molecule has 7 heteroatoms. The molecular formula is C11H14N2O5. The summed E-state index contributed by atoms with van der Waals surface area (Å²) < 4.78 is 0. The van der Waals surface area contributed by atoms with Gasteiger partial charge in [0.15, 0.2) is 5.69 Å². The molecule has 18 heavy (non-hydrogen) atoms. The highest BCUT2D eigenvalue weighted by Gasteiger charge is 2.24. The lowest BCUT2D eigenvalue weighted by atomic mass is 10.0. The van der Waals surface area contributed by atoms with Crippen LogP contribution in [0.25, 0.3) is 0 Å². The summed E-state index contributed by atoms with van der Waals surface area (Å²) in [5, 5.41) is 30.7. The van der Waals surface area contributed by atoms with Crippen LogP contribution in [0.4, 0.5) is 0 Å². The molecule has 1 heterocycles. The third-order valence-corrected chi connectivity index (χ3v) is 2.28. The van der Waals surface area contributed by atoms with E-state index in [9.17, 15) is 19.8 Å². The van der Waals surface area contributed by atoms with Crippen molar-refractivity contribution in [1.29, 1.82) is 0 Å². The van der Waals surface area contributed by atoms with Gasteiger partial charge >= 0.3 is 5.97 Å². The van der Waals surface area contributed by atoms with E-state index in [-0.39, 0.29) is 23.7 Å². The zero-order valence-electron chi connectivity index (χ0n) is 9.70. The number of carbonyl (C=O) groups is 2. The van der Waals surface area contributed by atoms with Crippen LogP contribution in [-0.2, 0) is 4.79 Å². The maximum atomic E-state index is 10.9. The Labute approximate surface area is 103 Å². The molecule has 1 amide bonds. The molecule has 0 saturated heterocycles. The van der Waals surface area contributed by atoms with Crippen molar-refractivity contribution < 1.29 is 24.9 Å². The zero-order valence-corrected chi connectivity index (χ0v) is 9.70. The Balaban J connectivity index is 2.86. The monoisotopic (exact) mass is 254 g/mol. The first-order valence-electron chi connectivity index (χ1n) is 5.22. The predicted octanol–water partition coefficient (Wildman–Crippen LogP) is -0.690. The summed E-state index contributed by atoms with van der Waals surface area (Å²) in [6.45, 7) is 1.09. The number of carboxylic acids is 1. The molecule has 0 aliphatic rings. The Morgan fingerprint density at radius 2 is 2.11 bits per heavy atom. The summed E-state index contributed by atoms with van der Waals surface area (Å²) in [4.78, 5) is 25.2. The number of aromatic nitrogens is 1. The van der Waals surface area contributed by atoms with Crippen LogP contribution in [0.15, 0.2) is 18.3 Å². The maximum Gasteiger partial charge on any atom is 0.354 e. The lowest BCUT2D eigenvalue weighted by Crippen LogP contribution is -2.34. The van der Waals surface area contributed by atoms with Gasteiger partial charge < -0.3 is 20.6 Å². The highest BCUT2D eigenvalue weighted by molar-refractivity contribution is 5.87. The van der Waals surface area contributed by atoms with E-state index in [4.69, 9.17) is 5.11 Å². The molecule has 1 rings (SSSR count). The van der Waals surface area contributed by atoms with Crippen LogP contribution < -0.4 is 5.32 Å². The van der Waals surface area contributed by atoms with Crippen LogP contribution in [0.5, 0.6) is 0 Å². The molecule has 0 radical (unpaired) electrons. The average molecular weight is 254 g/mol. The molecule has 2 unspecified atom stereocenters. The smallest absolute Gasteiger partial charge is 0.354 e. The first kappa shape index (κ1) is 14.1. The van der Waals surface area contributed by atoms with E-state index < -0.39 is 18.2 Å². The van der Waals surface area contributed by atoms with Crippen LogP contribution >= 0.6 is 0 Å². The van der Waals surface area contributed by atoms with Gasteiger partial charge in [0, 0.05) is 25.2 Å². The summed E-state index contributed by atoms with van der Waals surface area (Å²) in [5.74, 6) is -1.65. The average Bonchev–Trinajstić information content (AvgIpc) is 2.34. The molecule has 0 bridgehead atoms. The number of hydrogen-bond acceptors (Lipinski definition) is 5. The number of carbonyl (C=O) groups excluding carboxylic acids is 1. The molecule has 2 atom stereocenters. The molecule has 1 aromatic rings. The molecule has 7 nitrogen and oxygen atoms in total. The molecule has 0 saturated carbocycles. The van der Waals surface area contributed by atoms with E-state index in [2.05, 4.69) is 10.3 Å². The normalized spacial score (nSPS) is 13.7. The third kappa shape index (κ3) is 3.51. The number of rotatable bonds is 5. The Morgan fingerprint density at radius 1 is 1.44 bits per heavy atom. The van der Waals surface area contributed by atoms with E-state index in [1.54, 1.807) is 0 Å². The quantitative estimate of drug-likeness (QED) is 0.552. The van der Waals surface area contributed by atoms with Crippen molar-refractivity contribution in [1.82, 2.24) is 10.3 Å². The Bertz CT molecular complexity index is 449. The van der Waals surface area contributed by atoms with Crippen molar-refractivity contribution in [2.75, 3.05) is 6.54 Å². The van der Waals surface area contributed by atoms with Crippen molar-refractivity contribution in [2.24, 2.45) is 0 Å². The first-order valence-corrected chi connectivity index (χ1v) is 5.22. The summed E-state index contributed by atoms with van der Waals surface area (Å²) in [6.07, 6.45) is -1.47. The van der Waals surface area contributed by atoms with E-state index in [0.29, 0.717) is 0 Å². The second kappa shape index (κ2) is 6.08. The molecule has 4 N–H and O–H groups in total. The lowest BCUT2D eigenvalue weighted by molar-refractivity contribution is -0.119. The van der Waals surface area contributed by atoms with Gasteiger partial charge in [-0.15, -0.1) is 0 Å². The van der Waals surface area contributed by atoms with Crippen molar-refractivity contribution in [3.63, 3.8) is 0 Å².